The maximum absolute atomic E-state index is 6.38. The summed E-state index contributed by atoms with van der Waals surface area (Å²) >= 11 is 0. The highest BCUT2D eigenvalue weighted by Gasteiger charge is 2.30. The van der Waals surface area contributed by atoms with E-state index in [-0.39, 0.29) is 6.10 Å². The van der Waals surface area contributed by atoms with E-state index < -0.39 is 8.56 Å². The van der Waals surface area contributed by atoms with E-state index in [4.69, 9.17) is 8.85 Å². The molecule has 0 aromatic rings. The summed E-state index contributed by atoms with van der Waals surface area (Å²) in [6.45, 7) is 17.6. The monoisotopic (exact) mass is 380 g/mol. The van der Waals surface area contributed by atoms with Gasteiger partial charge in [0.25, 0.3) is 0 Å². The van der Waals surface area contributed by atoms with Crippen LogP contribution in [0.4, 0.5) is 0 Å². The summed E-state index contributed by atoms with van der Waals surface area (Å²) in [6, 6.07) is 0. The molecule has 0 fully saturated rings. The molecule has 152 valence electrons. The van der Waals surface area contributed by atoms with Crippen molar-refractivity contribution in [2.75, 3.05) is 6.61 Å². The number of allylic oxidation sites excluding steroid dienone is 1. The molecule has 26 heavy (non-hydrogen) atoms. The molecule has 0 rings (SSSR count). The van der Waals surface area contributed by atoms with Crippen molar-refractivity contribution >= 4 is 8.56 Å². The van der Waals surface area contributed by atoms with Gasteiger partial charge in [0.2, 0.25) is 0 Å². The predicted octanol–water partition coefficient (Wildman–Crippen LogP) is 7.25. The molecule has 0 aliphatic carbocycles. The van der Waals surface area contributed by atoms with Crippen LogP contribution in [0.3, 0.4) is 0 Å². The van der Waals surface area contributed by atoms with Gasteiger partial charge in [-0.3, -0.25) is 0 Å². The molecule has 0 radical (unpaired) electrons. The number of hydrogen-bond donors (Lipinski definition) is 0. The van der Waals surface area contributed by atoms with E-state index in [0.29, 0.717) is 5.92 Å². The summed E-state index contributed by atoms with van der Waals surface area (Å²) in [4.78, 5) is 0. The van der Waals surface area contributed by atoms with E-state index in [1.807, 2.05) is 6.92 Å². The van der Waals surface area contributed by atoms with Crippen LogP contribution in [0.1, 0.15) is 91.9 Å². The van der Waals surface area contributed by atoms with Gasteiger partial charge in [-0.05, 0) is 44.4 Å². The van der Waals surface area contributed by atoms with Crippen molar-refractivity contribution in [3.8, 4) is 11.8 Å². The predicted molar refractivity (Wildman–Crippen MR) is 118 cm³/mol. The van der Waals surface area contributed by atoms with Crippen LogP contribution in [0.15, 0.2) is 12.2 Å². The summed E-state index contributed by atoms with van der Waals surface area (Å²) in [5, 5.41) is 0. The quantitative estimate of drug-likeness (QED) is 0.169. The third-order valence-corrected chi connectivity index (χ3v) is 6.27. The normalized spacial score (nSPS) is 13.8. The molecular formula is C23H44O2Si. The fourth-order valence-electron chi connectivity index (χ4n) is 2.98. The largest absolute Gasteiger partial charge is 0.394 e. The zero-order chi connectivity index (χ0) is 19.8. The maximum atomic E-state index is 6.38. The molecule has 2 atom stereocenters. The molecule has 0 aliphatic rings. The summed E-state index contributed by atoms with van der Waals surface area (Å²) in [6.07, 6.45) is 12.8. The summed E-state index contributed by atoms with van der Waals surface area (Å²) in [5.41, 5.74) is 0.890. The zero-order valence-electron chi connectivity index (χ0n) is 18.5. The van der Waals surface area contributed by atoms with Crippen LogP contribution in [0.5, 0.6) is 0 Å². The molecule has 0 aliphatic heterocycles. The zero-order valence-corrected chi connectivity index (χ0v) is 19.5. The molecule has 0 spiro atoms. The standard InChI is InChI=1S/C23H44O2Si/c1-8-10-11-12-13-14-15-16-20-24-26(6,7)25-23(19-18-21(3)4)22(5)17-9-2/h22-23H,3,8-17,20H2,1-2,4-7H3. The minimum atomic E-state index is -2.15. The molecule has 0 N–H and O–H groups in total. The van der Waals surface area contributed by atoms with Crippen LogP contribution in [0.2, 0.25) is 13.1 Å². The van der Waals surface area contributed by atoms with E-state index in [1.165, 1.54) is 44.9 Å². The maximum Gasteiger partial charge on any atom is 0.332 e. The topological polar surface area (TPSA) is 18.5 Å². The third kappa shape index (κ3) is 14.6. The molecule has 0 bridgehead atoms. The van der Waals surface area contributed by atoms with Crippen molar-refractivity contribution in [3.63, 3.8) is 0 Å². The second kappa shape index (κ2) is 15.5. The van der Waals surface area contributed by atoms with Gasteiger partial charge >= 0.3 is 8.56 Å². The van der Waals surface area contributed by atoms with Gasteiger partial charge in [-0.25, -0.2) is 0 Å². The fraction of sp³-hybridized carbons (Fsp3) is 0.826. The molecule has 0 saturated heterocycles. The lowest BCUT2D eigenvalue weighted by Gasteiger charge is -2.29. The lowest BCUT2D eigenvalue weighted by Crippen LogP contribution is -2.41. The highest BCUT2D eigenvalue weighted by atomic mass is 28.4. The smallest absolute Gasteiger partial charge is 0.332 e. The molecule has 0 aromatic heterocycles. The minimum Gasteiger partial charge on any atom is -0.394 e. The van der Waals surface area contributed by atoms with E-state index in [9.17, 15) is 0 Å². The van der Waals surface area contributed by atoms with Gasteiger partial charge in [-0.15, -0.1) is 0 Å². The van der Waals surface area contributed by atoms with Crippen LogP contribution >= 0.6 is 0 Å². The van der Waals surface area contributed by atoms with Crippen LogP contribution in [0, 0.1) is 17.8 Å². The van der Waals surface area contributed by atoms with Gasteiger partial charge in [-0.2, -0.15) is 0 Å². The molecule has 3 heteroatoms. The molecule has 0 saturated carbocycles. The Labute approximate surface area is 165 Å². The Kier molecular flexibility index (Phi) is 15.2. The van der Waals surface area contributed by atoms with Gasteiger partial charge in [0.05, 0.1) is 0 Å². The van der Waals surface area contributed by atoms with E-state index in [1.54, 1.807) is 0 Å². The lowest BCUT2D eigenvalue weighted by atomic mass is 10.00. The van der Waals surface area contributed by atoms with Gasteiger partial charge in [0, 0.05) is 6.61 Å². The Morgan fingerprint density at radius 2 is 1.54 bits per heavy atom. The Balaban J connectivity index is 4.20. The van der Waals surface area contributed by atoms with Crippen molar-refractivity contribution in [1.82, 2.24) is 0 Å². The Morgan fingerprint density at radius 3 is 2.08 bits per heavy atom. The van der Waals surface area contributed by atoms with E-state index in [0.717, 1.165) is 31.4 Å². The van der Waals surface area contributed by atoms with Crippen molar-refractivity contribution in [1.29, 1.82) is 0 Å². The van der Waals surface area contributed by atoms with Gasteiger partial charge in [-0.1, -0.05) is 90.6 Å². The van der Waals surface area contributed by atoms with E-state index >= 15 is 0 Å². The molecule has 0 heterocycles. The highest BCUT2D eigenvalue weighted by Crippen LogP contribution is 2.20. The van der Waals surface area contributed by atoms with Crippen molar-refractivity contribution < 1.29 is 8.85 Å². The first-order valence-corrected chi connectivity index (χ1v) is 13.6. The van der Waals surface area contributed by atoms with Gasteiger partial charge < -0.3 is 8.85 Å². The number of hydrogen-bond acceptors (Lipinski definition) is 2. The van der Waals surface area contributed by atoms with Gasteiger partial charge in [0.15, 0.2) is 0 Å². The molecular weight excluding hydrogens is 336 g/mol. The van der Waals surface area contributed by atoms with Crippen LogP contribution in [0.25, 0.3) is 0 Å². The molecule has 0 amide bonds. The first kappa shape index (κ1) is 25.4. The SMILES string of the molecule is C=C(C)C#CC(O[Si](C)(C)OCCCCCCCCCC)C(C)CCC. The molecule has 0 aromatic carbocycles. The van der Waals surface area contributed by atoms with Crippen molar-refractivity contribution in [2.45, 2.75) is 111 Å². The fourth-order valence-corrected chi connectivity index (χ4v) is 4.59. The Morgan fingerprint density at radius 1 is 0.962 bits per heavy atom. The number of rotatable bonds is 15. The van der Waals surface area contributed by atoms with Crippen LogP contribution < -0.4 is 0 Å². The molecule has 2 unspecified atom stereocenters. The highest BCUT2D eigenvalue weighted by molar-refractivity contribution is 6.64. The Hall–Kier alpha value is -0.563. The van der Waals surface area contributed by atoms with Crippen molar-refractivity contribution in [2.24, 2.45) is 5.92 Å². The van der Waals surface area contributed by atoms with Crippen molar-refractivity contribution in [3.05, 3.63) is 12.2 Å². The summed E-state index contributed by atoms with van der Waals surface area (Å²) < 4.78 is 12.5. The van der Waals surface area contributed by atoms with E-state index in [2.05, 4.69) is 52.3 Å². The average molecular weight is 381 g/mol. The second-order valence-electron chi connectivity index (χ2n) is 8.08. The number of unbranched alkanes of at least 4 members (excludes halogenated alkanes) is 7. The van der Waals surface area contributed by atoms with Gasteiger partial charge in [0.1, 0.15) is 6.10 Å². The third-order valence-electron chi connectivity index (χ3n) is 4.55. The first-order valence-electron chi connectivity index (χ1n) is 10.8. The summed E-state index contributed by atoms with van der Waals surface area (Å²) in [7, 11) is -2.15. The van der Waals surface area contributed by atoms with Crippen LogP contribution in [-0.2, 0) is 8.85 Å². The summed E-state index contributed by atoms with van der Waals surface area (Å²) in [5.74, 6) is 6.81. The Bertz CT molecular complexity index is 420. The minimum absolute atomic E-state index is 0.0492. The average Bonchev–Trinajstić information content (AvgIpc) is 2.57. The second-order valence-corrected chi connectivity index (χ2v) is 11.4. The van der Waals surface area contributed by atoms with Crippen LogP contribution in [-0.4, -0.2) is 21.3 Å². The first-order chi connectivity index (χ1) is 12.3. The lowest BCUT2D eigenvalue weighted by molar-refractivity contribution is 0.115. The molecule has 2 nitrogen and oxygen atoms in total.